The molecule has 0 amide bonds. The van der Waals surface area contributed by atoms with Gasteiger partial charge in [0.15, 0.2) is 11.7 Å². The average molecular weight is 722 g/mol. The van der Waals surface area contributed by atoms with E-state index in [0.717, 1.165) is 46.9 Å². The van der Waals surface area contributed by atoms with E-state index in [2.05, 4.69) is 188 Å². The van der Waals surface area contributed by atoms with E-state index in [1.807, 2.05) is 18.2 Å². The van der Waals surface area contributed by atoms with E-state index in [0.29, 0.717) is 18.2 Å². The van der Waals surface area contributed by atoms with E-state index in [-0.39, 0.29) is 0 Å². The molecule has 7 aromatic carbocycles. The molecule has 0 unspecified atom stereocenters. The van der Waals surface area contributed by atoms with Gasteiger partial charge in [-0.3, -0.25) is 4.99 Å². The molecule has 0 aromatic heterocycles. The van der Waals surface area contributed by atoms with Crippen LogP contribution in [0.2, 0.25) is 0 Å². The number of benzene rings is 7. The van der Waals surface area contributed by atoms with E-state index in [9.17, 15) is 0 Å². The highest BCUT2D eigenvalue weighted by molar-refractivity contribution is 6.13. The molecule has 1 aliphatic rings. The van der Waals surface area contributed by atoms with Crippen LogP contribution < -0.4 is 0 Å². The lowest BCUT2D eigenvalue weighted by molar-refractivity contribution is 0.941. The molecule has 0 saturated heterocycles. The summed E-state index contributed by atoms with van der Waals surface area (Å²) in [5.41, 5.74) is 11.5. The molecule has 0 N–H and O–H groups in total. The third-order valence-corrected chi connectivity index (χ3v) is 10.4. The highest BCUT2D eigenvalue weighted by atomic mass is 15.0. The van der Waals surface area contributed by atoms with Crippen molar-refractivity contribution in [3.8, 4) is 22.3 Å². The predicted octanol–water partition coefficient (Wildman–Crippen LogP) is 13.4. The molecule has 0 heterocycles. The Kier molecular flexibility index (Phi) is 10.9. The maximum atomic E-state index is 5.18. The minimum atomic E-state index is 0.483. The van der Waals surface area contributed by atoms with Crippen molar-refractivity contribution >= 4 is 39.9 Å². The highest BCUT2D eigenvalue weighted by Gasteiger charge is 2.16. The van der Waals surface area contributed by atoms with Crippen molar-refractivity contribution in [3.63, 3.8) is 0 Å². The summed E-state index contributed by atoms with van der Waals surface area (Å²) in [6.45, 7) is 8.54. The van der Waals surface area contributed by atoms with Crippen molar-refractivity contribution in [1.82, 2.24) is 0 Å². The standard InChI is InChI=1S/C53H43N3/c1-3-40-24-32-51(35-46(40)19-11-14-38-12-5-4-6-13-38)53(56-52(54-2)50-33-30-42-16-8-10-18-48(42)36-50)55-37-39-20-22-43(23-21-39)44-25-27-45(28-26-44)49-31-29-41-15-7-9-17-47(41)34-49/h3-13,15-23,25-31,33-36H,1-2,14,24,32,37H2/b19-11-,55-53?,56-52?. The fraction of sp³-hybridized carbons (Fsp3) is 0.0755. The molecular weight excluding hydrogens is 679 g/mol. The third-order valence-electron chi connectivity index (χ3n) is 10.4. The van der Waals surface area contributed by atoms with Crippen LogP contribution in [0.25, 0.3) is 43.8 Å². The van der Waals surface area contributed by atoms with Crippen molar-refractivity contribution in [3.05, 3.63) is 228 Å². The van der Waals surface area contributed by atoms with Gasteiger partial charge in [-0.1, -0.05) is 176 Å². The van der Waals surface area contributed by atoms with Crippen LogP contribution in [0, 0.1) is 0 Å². The Morgan fingerprint density at radius 2 is 1.14 bits per heavy atom. The van der Waals surface area contributed by atoms with Gasteiger partial charge in [-0.15, -0.1) is 0 Å². The zero-order chi connectivity index (χ0) is 38.1. The van der Waals surface area contributed by atoms with Crippen LogP contribution >= 0.6 is 0 Å². The molecule has 0 bridgehead atoms. The number of hydrogen-bond acceptors (Lipinski definition) is 1. The van der Waals surface area contributed by atoms with E-state index in [1.54, 1.807) is 0 Å². The Hall–Kier alpha value is -6.97. The van der Waals surface area contributed by atoms with Crippen molar-refractivity contribution in [1.29, 1.82) is 0 Å². The van der Waals surface area contributed by atoms with Gasteiger partial charge >= 0.3 is 0 Å². The minimum absolute atomic E-state index is 0.483. The molecule has 0 radical (unpaired) electrons. The summed E-state index contributed by atoms with van der Waals surface area (Å²) < 4.78 is 0. The minimum Gasteiger partial charge on any atom is -0.262 e. The van der Waals surface area contributed by atoms with Crippen LogP contribution in [0.5, 0.6) is 0 Å². The van der Waals surface area contributed by atoms with Gasteiger partial charge in [0.25, 0.3) is 0 Å². The molecule has 0 aliphatic heterocycles. The second-order valence-corrected chi connectivity index (χ2v) is 14.1. The molecule has 1 aliphatic carbocycles. The van der Waals surface area contributed by atoms with Crippen LogP contribution in [0.15, 0.2) is 226 Å². The Morgan fingerprint density at radius 1 is 0.554 bits per heavy atom. The molecule has 0 atom stereocenters. The van der Waals surface area contributed by atoms with Gasteiger partial charge in [0.05, 0.1) is 6.54 Å². The Labute approximate surface area is 329 Å². The maximum absolute atomic E-state index is 5.18. The van der Waals surface area contributed by atoms with Crippen LogP contribution in [0.3, 0.4) is 0 Å². The van der Waals surface area contributed by atoms with E-state index in [4.69, 9.17) is 9.98 Å². The molecular formula is C53H43N3. The molecule has 3 nitrogen and oxygen atoms in total. The number of hydrogen-bond donors (Lipinski definition) is 0. The lowest BCUT2D eigenvalue weighted by Gasteiger charge is -2.17. The molecule has 7 aromatic rings. The number of nitrogens with zero attached hydrogens (tertiary/aromatic N) is 3. The summed E-state index contributed by atoms with van der Waals surface area (Å²) in [5.74, 6) is 1.23. The van der Waals surface area contributed by atoms with E-state index < -0.39 is 0 Å². The lowest BCUT2D eigenvalue weighted by atomic mass is 9.91. The molecule has 8 rings (SSSR count). The van der Waals surface area contributed by atoms with Gasteiger partial charge in [0.2, 0.25) is 0 Å². The molecule has 3 heteroatoms. The van der Waals surface area contributed by atoms with Crippen LogP contribution in [0.1, 0.15) is 29.5 Å². The first-order valence-electron chi connectivity index (χ1n) is 19.2. The van der Waals surface area contributed by atoms with Crippen molar-refractivity contribution < 1.29 is 0 Å². The smallest absolute Gasteiger partial charge is 0.161 e. The number of aliphatic imine (C=N–C) groups is 3. The van der Waals surface area contributed by atoms with Gasteiger partial charge in [0.1, 0.15) is 0 Å². The first-order chi connectivity index (χ1) is 27.6. The van der Waals surface area contributed by atoms with Crippen LogP contribution in [-0.4, -0.2) is 18.4 Å². The Morgan fingerprint density at radius 3 is 1.82 bits per heavy atom. The van der Waals surface area contributed by atoms with Crippen molar-refractivity contribution in [2.75, 3.05) is 0 Å². The van der Waals surface area contributed by atoms with E-state index in [1.165, 1.54) is 49.5 Å². The summed E-state index contributed by atoms with van der Waals surface area (Å²) in [6.07, 6.45) is 11.1. The largest absolute Gasteiger partial charge is 0.262 e. The zero-order valence-electron chi connectivity index (χ0n) is 31.5. The third kappa shape index (κ3) is 8.38. The number of fused-ring (bicyclic) bond motifs is 2. The normalized spacial score (nSPS) is 13.7. The lowest BCUT2D eigenvalue weighted by Crippen LogP contribution is -2.10. The van der Waals surface area contributed by atoms with E-state index >= 15 is 0 Å². The van der Waals surface area contributed by atoms with Gasteiger partial charge < -0.3 is 0 Å². The maximum Gasteiger partial charge on any atom is 0.161 e. The fourth-order valence-corrected chi connectivity index (χ4v) is 7.28. The summed E-state index contributed by atoms with van der Waals surface area (Å²) in [4.78, 5) is 14.7. The molecule has 0 fully saturated rings. The van der Waals surface area contributed by atoms with Crippen LogP contribution in [0.4, 0.5) is 0 Å². The van der Waals surface area contributed by atoms with Gasteiger partial charge in [-0.25, -0.2) is 9.98 Å². The van der Waals surface area contributed by atoms with Gasteiger partial charge in [-0.05, 0) is 116 Å². The topological polar surface area (TPSA) is 37.1 Å². The molecule has 0 saturated carbocycles. The van der Waals surface area contributed by atoms with Gasteiger partial charge in [-0.2, -0.15) is 0 Å². The first kappa shape index (κ1) is 36.0. The number of amidine groups is 2. The Bertz CT molecular complexity index is 2690. The predicted molar refractivity (Wildman–Crippen MR) is 240 cm³/mol. The van der Waals surface area contributed by atoms with Crippen LogP contribution in [-0.2, 0) is 13.0 Å². The quantitative estimate of drug-likeness (QED) is 0.0996. The summed E-state index contributed by atoms with van der Waals surface area (Å²) in [6, 6.07) is 57.8. The fourth-order valence-electron chi connectivity index (χ4n) is 7.28. The molecule has 270 valence electrons. The SMILES string of the molecule is C=CC1=C(/C=C\Cc2ccccc2)C=C(C(=NCc2ccc(-c3ccc(-c4ccc5ccccc5c4)cc3)cc2)N=C(N=C)c2ccc3ccccc3c2)CC1. The summed E-state index contributed by atoms with van der Waals surface area (Å²) in [5, 5.41) is 4.80. The number of rotatable bonds is 10. The zero-order valence-corrected chi connectivity index (χ0v) is 31.5. The molecule has 0 spiro atoms. The Balaban J connectivity index is 1.07. The first-order valence-corrected chi connectivity index (χ1v) is 19.2. The average Bonchev–Trinajstić information content (AvgIpc) is 3.27. The molecule has 56 heavy (non-hydrogen) atoms. The second kappa shape index (κ2) is 17.0. The van der Waals surface area contributed by atoms with Gasteiger partial charge in [0, 0.05) is 5.56 Å². The summed E-state index contributed by atoms with van der Waals surface area (Å²) >= 11 is 0. The summed E-state index contributed by atoms with van der Waals surface area (Å²) in [7, 11) is 0. The highest BCUT2D eigenvalue weighted by Crippen LogP contribution is 2.30. The monoisotopic (exact) mass is 721 g/mol. The second-order valence-electron chi connectivity index (χ2n) is 14.1. The van der Waals surface area contributed by atoms with Crippen molar-refractivity contribution in [2.45, 2.75) is 25.8 Å². The van der Waals surface area contributed by atoms with Crippen molar-refractivity contribution in [2.24, 2.45) is 15.0 Å². The number of allylic oxidation sites excluding steroid dienone is 6.